The number of amides is 1. The van der Waals surface area contributed by atoms with Crippen molar-refractivity contribution < 1.29 is 35.0 Å². The van der Waals surface area contributed by atoms with E-state index in [2.05, 4.69) is 0 Å². The van der Waals surface area contributed by atoms with Gasteiger partial charge < -0.3 is 13.5 Å². The third-order valence-electron chi connectivity index (χ3n) is 5.08. The first-order valence-corrected chi connectivity index (χ1v) is 11.5. The Labute approximate surface area is 189 Å². The first kappa shape index (κ1) is 24.4. The summed E-state index contributed by atoms with van der Waals surface area (Å²) < 4.78 is 74.9. The molecule has 3 rings (SSSR count). The summed E-state index contributed by atoms with van der Waals surface area (Å²) in [6, 6.07) is 12.4. The van der Waals surface area contributed by atoms with E-state index in [0.29, 0.717) is 18.1 Å². The predicted molar refractivity (Wildman–Crippen MR) is 114 cm³/mol. The Morgan fingerprint density at radius 3 is 2.45 bits per heavy atom. The second kappa shape index (κ2) is 9.70. The number of hydrogen-bond donors (Lipinski definition) is 0. The topological polar surface area (TPSA) is 76.8 Å². The molecule has 10 heteroatoms. The lowest BCUT2D eigenvalue weighted by molar-refractivity contribution is -0.137. The quantitative estimate of drug-likeness (QED) is 0.397. The zero-order valence-electron chi connectivity index (χ0n) is 17.9. The molecule has 3 aromatic rings. The van der Waals surface area contributed by atoms with E-state index in [9.17, 15) is 26.4 Å². The van der Waals surface area contributed by atoms with Crippen LogP contribution in [0.5, 0.6) is 5.75 Å². The van der Waals surface area contributed by atoms with Gasteiger partial charge in [-0.2, -0.15) is 21.6 Å². The van der Waals surface area contributed by atoms with Gasteiger partial charge in [0.2, 0.25) is 0 Å². The fourth-order valence-electron chi connectivity index (χ4n) is 3.08. The molecule has 1 atom stereocenters. The molecule has 1 heterocycles. The summed E-state index contributed by atoms with van der Waals surface area (Å²) in [5.41, 5.74) is -0.735. The minimum absolute atomic E-state index is 0.00280. The Morgan fingerprint density at radius 1 is 1.09 bits per heavy atom. The average molecular weight is 481 g/mol. The van der Waals surface area contributed by atoms with Crippen LogP contribution in [0.4, 0.5) is 13.2 Å². The molecule has 1 aromatic heterocycles. The third-order valence-corrected chi connectivity index (χ3v) is 6.31. The zero-order chi connectivity index (χ0) is 24.2. The van der Waals surface area contributed by atoms with Gasteiger partial charge in [-0.3, -0.25) is 4.79 Å². The highest BCUT2D eigenvalue weighted by Crippen LogP contribution is 2.32. The zero-order valence-corrected chi connectivity index (χ0v) is 18.7. The van der Waals surface area contributed by atoms with Crippen LogP contribution in [-0.4, -0.2) is 25.3 Å². The van der Waals surface area contributed by atoms with Crippen molar-refractivity contribution >= 4 is 16.0 Å². The predicted octanol–water partition coefficient (Wildman–Crippen LogP) is 5.51. The summed E-state index contributed by atoms with van der Waals surface area (Å²) in [5.74, 6) is -0.342. The molecule has 2 aromatic carbocycles. The molecule has 0 radical (unpaired) electrons. The van der Waals surface area contributed by atoms with Gasteiger partial charge >= 0.3 is 16.3 Å². The van der Waals surface area contributed by atoms with E-state index < -0.39 is 26.8 Å². The standard InChI is InChI=1S/C23H22F3NO5S/c1-3-16(2)27(22(28)21-12-7-13-31-21)15-17-8-4-5-11-20(17)32-33(29,30)19-10-6-9-18(14-19)23(24,25)26/h4-14,16H,3,15H2,1-2H3/t16-/m1/s1. The Morgan fingerprint density at radius 2 is 1.82 bits per heavy atom. The number of benzene rings is 2. The summed E-state index contributed by atoms with van der Waals surface area (Å²) in [6.45, 7) is 3.74. The number of nitrogens with zero attached hydrogens (tertiary/aromatic N) is 1. The molecule has 33 heavy (non-hydrogen) atoms. The smallest absolute Gasteiger partial charge is 0.416 e. The maximum atomic E-state index is 13.0. The molecule has 0 bridgehead atoms. The van der Waals surface area contributed by atoms with Crippen LogP contribution in [0, 0.1) is 0 Å². The fourth-order valence-corrected chi connectivity index (χ4v) is 4.10. The minimum Gasteiger partial charge on any atom is -0.459 e. The number of alkyl halides is 3. The van der Waals surface area contributed by atoms with Crippen molar-refractivity contribution in [2.24, 2.45) is 0 Å². The lowest BCUT2D eigenvalue weighted by Crippen LogP contribution is -2.37. The molecule has 0 saturated heterocycles. The molecule has 0 N–H and O–H groups in total. The van der Waals surface area contributed by atoms with Crippen molar-refractivity contribution in [2.75, 3.05) is 0 Å². The van der Waals surface area contributed by atoms with Crippen LogP contribution < -0.4 is 4.18 Å². The fraction of sp³-hybridized carbons (Fsp3) is 0.261. The second-order valence-corrected chi connectivity index (χ2v) is 8.88. The maximum absolute atomic E-state index is 13.0. The van der Waals surface area contributed by atoms with Gasteiger partial charge in [-0.1, -0.05) is 31.2 Å². The van der Waals surface area contributed by atoms with Crippen LogP contribution in [-0.2, 0) is 22.8 Å². The first-order chi connectivity index (χ1) is 15.5. The molecule has 0 saturated carbocycles. The summed E-state index contributed by atoms with van der Waals surface area (Å²) in [4.78, 5) is 13.8. The van der Waals surface area contributed by atoms with Gasteiger partial charge in [-0.25, -0.2) is 0 Å². The lowest BCUT2D eigenvalue weighted by Gasteiger charge is -2.28. The minimum atomic E-state index is -4.70. The van der Waals surface area contributed by atoms with Crippen LogP contribution in [0.3, 0.4) is 0 Å². The summed E-state index contributed by atoms with van der Waals surface area (Å²) in [7, 11) is -4.57. The van der Waals surface area contributed by atoms with Crippen molar-refractivity contribution in [3.8, 4) is 5.75 Å². The molecule has 0 aliphatic rings. The second-order valence-electron chi connectivity index (χ2n) is 7.34. The van der Waals surface area contributed by atoms with E-state index in [1.54, 1.807) is 18.2 Å². The first-order valence-electron chi connectivity index (χ1n) is 10.1. The van der Waals surface area contributed by atoms with Crippen molar-refractivity contribution in [1.82, 2.24) is 4.90 Å². The lowest BCUT2D eigenvalue weighted by atomic mass is 10.1. The van der Waals surface area contributed by atoms with Gasteiger partial charge in [0.1, 0.15) is 10.6 Å². The Kier molecular flexibility index (Phi) is 7.16. The SMILES string of the molecule is CC[C@@H](C)N(Cc1ccccc1OS(=O)(=O)c1cccc(C(F)(F)F)c1)C(=O)c1ccco1. The van der Waals surface area contributed by atoms with E-state index >= 15 is 0 Å². The summed E-state index contributed by atoms with van der Waals surface area (Å²) in [6.07, 6.45) is -2.70. The van der Waals surface area contributed by atoms with E-state index in [4.69, 9.17) is 8.60 Å². The number of halogens is 3. The molecule has 176 valence electrons. The van der Waals surface area contributed by atoms with E-state index in [1.807, 2.05) is 13.8 Å². The van der Waals surface area contributed by atoms with Crippen molar-refractivity contribution in [2.45, 2.75) is 43.9 Å². The van der Waals surface area contributed by atoms with Crippen molar-refractivity contribution in [3.63, 3.8) is 0 Å². The molecular formula is C23H22F3NO5S. The maximum Gasteiger partial charge on any atom is 0.416 e. The van der Waals surface area contributed by atoms with Crippen LogP contribution in [0.1, 0.15) is 41.9 Å². The Balaban J connectivity index is 1.92. The van der Waals surface area contributed by atoms with Crippen molar-refractivity contribution in [3.05, 3.63) is 83.8 Å². The average Bonchev–Trinajstić information content (AvgIpc) is 3.32. The number of furan rings is 1. The van der Waals surface area contributed by atoms with Crippen LogP contribution in [0.15, 0.2) is 76.2 Å². The van der Waals surface area contributed by atoms with Gasteiger partial charge in [0.15, 0.2) is 5.76 Å². The van der Waals surface area contributed by atoms with Gasteiger partial charge in [-0.05, 0) is 49.7 Å². The number of hydrogen-bond acceptors (Lipinski definition) is 5. The highest BCUT2D eigenvalue weighted by molar-refractivity contribution is 7.87. The van der Waals surface area contributed by atoms with E-state index in [1.165, 1.54) is 29.4 Å². The molecular weight excluding hydrogens is 459 g/mol. The molecule has 0 aliphatic heterocycles. The van der Waals surface area contributed by atoms with Crippen LogP contribution in [0.25, 0.3) is 0 Å². The summed E-state index contributed by atoms with van der Waals surface area (Å²) in [5, 5.41) is 0. The monoisotopic (exact) mass is 481 g/mol. The van der Waals surface area contributed by atoms with Gasteiger partial charge in [0.25, 0.3) is 5.91 Å². The highest BCUT2D eigenvalue weighted by Gasteiger charge is 2.32. The van der Waals surface area contributed by atoms with Crippen LogP contribution in [0.2, 0.25) is 0 Å². The molecule has 0 fully saturated rings. The highest BCUT2D eigenvalue weighted by atomic mass is 32.2. The summed E-state index contributed by atoms with van der Waals surface area (Å²) >= 11 is 0. The van der Waals surface area contributed by atoms with E-state index in [-0.39, 0.29) is 30.0 Å². The third kappa shape index (κ3) is 5.75. The normalized spacial score (nSPS) is 12.9. The number of para-hydroxylation sites is 1. The van der Waals surface area contributed by atoms with Crippen molar-refractivity contribution in [1.29, 1.82) is 0 Å². The molecule has 0 aliphatic carbocycles. The number of carbonyl (C=O) groups excluding carboxylic acids is 1. The van der Waals surface area contributed by atoms with Gasteiger partial charge in [0.05, 0.1) is 18.4 Å². The molecule has 1 amide bonds. The Hall–Kier alpha value is -3.27. The van der Waals surface area contributed by atoms with Gasteiger partial charge in [0, 0.05) is 11.6 Å². The molecule has 6 nitrogen and oxygen atoms in total. The van der Waals surface area contributed by atoms with Gasteiger partial charge in [-0.15, -0.1) is 0 Å². The number of carbonyl (C=O) groups is 1. The Bertz CT molecular complexity index is 1210. The van der Waals surface area contributed by atoms with E-state index in [0.717, 1.165) is 18.2 Å². The van der Waals surface area contributed by atoms with Crippen LogP contribution >= 0.6 is 0 Å². The molecule has 0 unspecified atom stereocenters. The molecule has 0 spiro atoms. The number of rotatable bonds is 8. The largest absolute Gasteiger partial charge is 0.459 e.